The Labute approximate surface area is 95.7 Å². The Bertz CT molecular complexity index is 416. The quantitative estimate of drug-likeness (QED) is 0.766. The Kier molecular flexibility index (Phi) is 4.17. The van der Waals surface area contributed by atoms with Crippen LogP contribution < -0.4 is 0 Å². The fourth-order valence-electron chi connectivity index (χ4n) is 1.71. The third kappa shape index (κ3) is 3.50. The van der Waals surface area contributed by atoms with Crippen LogP contribution in [-0.2, 0) is 27.6 Å². The van der Waals surface area contributed by atoms with Crippen molar-refractivity contribution in [3.63, 3.8) is 0 Å². The maximum atomic E-state index is 11.1. The van der Waals surface area contributed by atoms with Crippen LogP contribution in [-0.4, -0.2) is 8.42 Å². The summed E-state index contributed by atoms with van der Waals surface area (Å²) in [5.74, 6) is -0.0677. The Morgan fingerprint density at radius 3 is 1.93 bits per heavy atom. The average molecular weight is 247 g/mol. The molecule has 15 heavy (non-hydrogen) atoms. The van der Waals surface area contributed by atoms with E-state index in [1.54, 1.807) is 0 Å². The van der Waals surface area contributed by atoms with E-state index in [0.29, 0.717) is 0 Å². The third-order valence-corrected chi connectivity index (χ3v) is 3.41. The first kappa shape index (κ1) is 12.5. The number of hydrogen-bond donors (Lipinski definition) is 0. The summed E-state index contributed by atoms with van der Waals surface area (Å²) < 4.78 is 22.2. The first-order valence-corrected chi connectivity index (χ1v) is 7.47. The smallest absolute Gasteiger partial charge is 0.212 e. The van der Waals surface area contributed by atoms with Crippen molar-refractivity contribution in [3.8, 4) is 0 Å². The van der Waals surface area contributed by atoms with E-state index in [2.05, 4.69) is 0 Å². The third-order valence-electron chi connectivity index (χ3n) is 2.45. The minimum atomic E-state index is -3.47. The first-order valence-electron chi connectivity index (χ1n) is 5.00. The minimum Gasteiger partial charge on any atom is -0.212 e. The summed E-state index contributed by atoms with van der Waals surface area (Å²) in [6, 6.07) is 5.87. The van der Waals surface area contributed by atoms with Gasteiger partial charge in [-0.25, -0.2) is 8.42 Å². The molecule has 4 heteroatoms. The SMILES string of the molecule is CCc1cccc(CC)c1CS(=O)(=O)Cl. The van der Waals surface area contributed by atoms with E-state index < -0.39 is 9.05 Å². The normalized spacial score (nSPS) is 11.7. The van der Waals surface area contributed by atoms with Gasteiger partial charge < -0.3 is 0 Å². The molecule has 0 saturated carbocycles. The van der Waals surface area contributed by atoms with Crippen LogP contribution in [0.25, 0.3) is 0 Å². The second kappa shape index (κ2) is 4.99. The maximum absolute atomic E-state index is 11.1. The van der Waals surface area contributed by atoms with Gasteiger partial charge >= 0.3 is 0 Å². The zero-order chi connectivity index (χ0) is 11.5. The molecule has 0 saturated heterocycles. The van der Waals surface area contributed by atoms with Gasteiger partial charge in [0.25, 0.3) is 0 Å². The van der Waals surface area contributed by atoms with Crippen molar-refractivity contribution in [2.24, 2.45) is 0 Å². The van der Waals surface area contributed by atoms with Gasteiger partial charge in [-0.15, -0.1) is 0 Å². The van der Waals surface area contributed by atoms with Crippen LogP contribution in [0.4, 0.5) is 0 Å². The van der Waals surface area contributed by atoms with Crippen LogP contribution in [0.1, 0.15) is 30.5 Å². The summed E-state index contributed by atoms with van der Waals surface area (Å²) in [6.45, 7) is 4.03. The van der Waals surface area contributed by atoms with Gasteiger partial charge in [0, 0.05) is 10.7 Å². The van der Waals surface area contributed by atoms with Crippen molar-refractivity contribution < 1.29 is 8.42 Å². The lowest BCUT2D eigenvalue weighted by Crippen LogP contribution is -2.03. The minimum absolute atomic E-state index is 0.0677. The number of benzene rings is 1. The fourth-order valence-corrected chi connectivity index (χ4v) is 2.75. The van der Waals surface area contributed by atoms with Gasteiger partial charge in [0.05, 0.1) is 5.75 Å². The summed E-state index contributed by atoms with van der Waals surface area (Å²) in [5, 5.41) is 0. The molecule has 1 aromatic carbocycles. The van der Waals surface area contributed by atoms with Gasteiger partial charge in [-0.1, -0.05) is 32.0 Å². The van der Waals surface area contributed by atoms with Gasteiger partial charge in [0.2, 0.25) is 9.05 Å². The predicted octanol–water partition coefficient (Wildman–Crippen LogP) is 2.88. The highest BCUT2D eigenvalue weighted by molar-refractivity contribution is 8.13. The zero-order valence-electron chi connectivity index (χ0n) is 8.96. The van der Waals surface area contributed by atoms with Crippen molar-refractivity contribution in [1.82, 2.24) is 0 Å². The Morgan fingerprint density at radius 2 is 1.60 bits per heavy atom. The van der Waals surface area contributed by atoms with Crippen LogP contribution >= 0.6 is 10.7 Å². The van der Waals surface area contributed by atoms with Crippen LogP contribution in [0.15, 0.2) is 18.2 Å². The second-order valence-electron chi connectivity index (χ2n) is 3.45. The Hall–Kier alpha value is -0.540. The van der Waals surface area contributed by atoms with E-state index >= 15 is 0 Å². The molecule has 1 rings (SSSR count). The van der Waals surface area contributed by atoms with Crippen LogP contribution in [0.3, 0.4) is 0 Å². The van der Waals surface area contributed by atoms with Crippen molar-refractivity contribution in [2.45, 2.75) is 32.4 Å². The van der Waals surface area contributed by atoms with Gasteiger partial charge in [-0.05, 0) is 29.5 Å². The number of aryl methyl sites for hydroxylation is 2. The molecule has 0 unspecified atom stereocenters. The molecule has 0 aliphatic carbocycles. The van der Waals surface area contributed by atoms with Crippen molar-refractivity contribution in [1.29, 1.82) is 0 Å². The number of rotatable bonds is 4. The molecule has 0 aliphatic rings. The molecule has 0 spiro atoms. The molecular formula is C11H15ClO2S. The highest BCUT2D eigenvalue weighted by Crippen LogP contribution is 2.20. The zero-order valence-corrected chi connectivity index (χ0v) is 10.5. The van der Waals surface area contributed by atoms with Crippen LogP contribution in [0.5, 0.6) is 0 Å². The van der Waals surface area contributed by atoms with Crippen LogP contribution in [0.2, 0.25) is 0 Å². The van der Waals surface area contributed by atoms with Crippen molar-refractivity contribution >= 4 is 19.7 Å². The number of hydrogen-bond acceptors (Lipinski definition) is 2. The molecule has 0 bridgehead atoms. The molecule has 1 aromatic rings. The van der Waals surface area contributed by atoms with E-state index in [0.717, 1.165) is 29.5 Å². The van der Waals surface area contributed by atoms with Crippen LogP contribution in [0, 0.1) is 0 Å². The highest BCUT2D eigenvalue weighted by Gasteiger charge is 2.13. The van der Waals surface area contributed by atoms with E-state index in [-0.39, 0.29) is 5.75 Å². The summed E-state index contributed by atoms with van der Waals surface area (Å²) in [7, 11) is 1.83. The van der Waals surface area contributed by atoms with Gasteiger partial charge in [0.1, 0.15) is 0 Å². The second-order valence-corrected chi connectivity index (χ2v) is 6.22. The molecule has 0 aromatic heterocycles. The molecule has 0 amide bonds. The van der Waals surface area contributed by atoms with E-state index in [4.69, 9.17) is 10.7 Å². The lowest BCUT2D eigenvalue weighted by atomic mass is 9.99. The highest BCUT2D eigenvalue weighted by atomic mass is 35.7. The Balaban J connectivity index is 3.22. The number of halogens is 1. The lowest BCUT2D eigenvalue weighted by molar-refractivity contribution is 0.608. The molecule has 2 nitrogen and oxygen atoms in total. The molecule has 0 fully saturated rings. The molecule has 0 heterocycles. The standard InChI is InChI=1S/C11H15ClO2S/c1-3-9-6-5-7-10(4-2)11(9)8-15(12,13)14/h5-7H,3-4,8H2,1-2H3. The molecular weight excluding hydrogens is 232 g/mol. The first-order chi connectivity index (χ1) is 6.98. The molecule has 84 valence electrons. The molecule has 0 atom stereocenters. The summed E-state index contributed by atoms with van der Waals surface area (Å²) in [4.78, 5) is 0. The van der Waals surface area contributed by atoms with Gasteiger partial charge in [-0.3, -0.25) is 0 Å². The fraction of sp³-hybridized carbons (Fsp3) is 0.455. The Morgan fingerprint density at radius 1 is 1.13 bits per heavy atom. The van der Waals surface area contributed by atoms with Crippen molar-refractivity contribution in [3.05, 3.63) is 34.9 Å². The van der Waals surface area contributed by atoms with E-state index in [9.17, 15) is 8.42 Å². The summed E-state index contributed by atoms with van der Waals surface area (Å²) >= 11 is 0. The predicted molar refractivity (Wildman–Crippen MR) is 63.7 cm³/mol. The van der Waals surface area contributed by atoms with E-state index in [1.807, 2.05) is 32.0 Å². The molecule has 0 N–H and O–H groups in total. The maximum Gasteiger partial charge on any atom is 0.236 e. The molecule has 0 radical (unpaired) electrons. The molecule has 0 aliphatic heterocycles. The monoisotopic (exact) mass is 246 g/mol. The average Bonchev–Trinajstić information content (AvgIpc) is 2.16. The topological polar surface area (TPSA) is 34.1 Å². The van der Waals surface area contributed by atoms with Gasteiger partial charge in [-0.2, -0.15) is 0 Å². The largest absolute Gasteiger partial charge is 0.236 e. The summed E-state index contributed by atoms with van der Waals surface area (Å²) in [6.07, 6.45) is 1.66. The van der Waals surface area contributed by atoms with Gasteiger partial charge in [0.15, 0.2) is 0 Å². The lowest BCUT2D eigenvalue weighted by Gasteiger charge is -2.11. The van der Waals surface area contributed by atoms with E-state index in [1.165, 1.54) is 0 Å². The summed E-state index contributed by atoms with van der Waals surface area (Å²) in [5.41, 5.74) is 3.01. The van der Waals surface area contributed by atoms with Crippen molar-refractivity contribution in [2.75, 3.05) is 0 Å².